The summed E-state index contributed by atoms with van der Waals surface area (Å²) in [5.41, 5.74) is 1.39. The Morgan fingerprint density at radius 2 is 2.05 bits per heavy atom. The predicted octanol–water partition coefficient (Wildman–Crippen LogP) is 3.18. The van der Waals surface area contributed by atoms with E-state index in [4.69, 9.17) is 16.3 Å². The van der Waals surface area contributed by atoms with Gasteiger partial charge >= 0.3 is 0 Å². The zero-order valence-electron chi connectivity index (χ0n) is 12.1. The molecule has 0 spiro atoms. The van der Waals surface area contributed by atoms with Crippen molar-refractivity contribution in [3.63, 3.8) is 0 Å². The lowest BCUT2D eigenvalue weighted by Gasteiger charge is -2.13. The van der Waals surface area contributed by atoms with Gasteiger partial charge in [0.15, 0.2) is 0 Å². The van der Waals surface area contributed by atoms with Crippen molar-refractivity contribution in [1.29, 1.82) is 0 Å². The van der Waals surface area contributed by atoms with Crippen LogP contribution in [-0.4, -0.2) is 24.0 Å². The molecule has 0 radical (unpaired) electrons. The molecule has 0 amide bonds. The number of nitrogens with zero attached hydrogens (tertiary/aromatic N) is 2. The fourth-order valence-electron chi connectivity index (χ4n) is 1.81. The summed E-state index contributed by atoms with van der Waals surface area (Å²) in [5.74, 6) is 0.310. The number of aryl methyl sites for hydroxylation is 2. The highest BCUT2D eigenvalue weighted by molar-refractivity contribution is 7.90. The van der Waals surface area contributed by atoms with Gasteiger partial charge in [0.1, 0.15) is 17.0 Å². The molecular weight excluding hydrogens is 312 g/mol. The SMILES string of the molecule is CCCOc1cc(C)c(Cl)cc1S(=O)(=O)n1cnc(C)c1. The number of aromatic nitrogens is 2. The quantitative estimate of drug-likeness (QED) is 0.845. The summed E-state index contributed by atoms with van der Waals surface area (Å²) in [6.45, 7) is 5.92. The van der Waals surface area contributed by atoms with Gasteiger partial charge in [-0.2, -0.15) is 0 Å². The first-order valence-corrected chi connectivity index (χ1v) is 8.37. The monoisotopic (exact) mass is 328 g/mol. The van der Waals surface area contributed by atoms with Crippen LogP contribution in [0.3, 0.4) is 0 Å². The predicted molar refractivity (Wildman–Crippen MR) is 81.5 cm³/mol. The van der Waals surface area contributed by atoms with Gasteiger partial charge < -0.3 is 4.74 Å². The Labute approximate surface area is 129 Å². The molecule has 0 N–H and O–H groups in total. The van der Waals surface area contributed by atoms with Crippen LogP contribution in [0.15, 0.2) is 29.6 Å². The van der Waals surface area contributed by atoms with Gasteiger partial charge in [-0.25, -0.2) is 17.4 Å². The van der Waals surface area contributed by atoms with Gasteiger partial charge in [-0.15, -0.1) is 0 Å². The first-order valence-electron chi connectivity index (χ1n) is 6.55. The fourth-order valence-corrected chi connectivity index (χ4v) is 3.36. The number of ether oxygens (including phenoxy) is 1. The van der Waals surface area contributed by atoms with Crippen molar-refractivity contribution in [2.45, 2.75) is 32.1 Å². The summed E-state index contributed by atoms with van der Waals surface area (Å²) >= 11 is 6.07. The molecule has 2 aromatic rings. The lowest BCUT2D eigenvalue weighted by Crippen LogP contribution is -2.13. The van der Waals surface area contributed by atoms with E-state index >= 15 is 0 Å². The average molecular weight is 329 g/mol. The smallest absolute Gasteiger partial charge is 0.272 e. The van der Waals surface area contributed by atoms with E-state index in [0.717, 1.165) is 16.0 Å². The number of hydrogen-bond acceptors (Lipinski definition) is 4. The van der Waals surface area contributed by atoms with E-state index in [1.165, 1.54) is 18.6 Å². The first kappa shape index (κ1) is 15.9. The van der Waals surface area contributed by atoms with Crippen LogP contribution in [0.2, 0.25) is 5.02 Å². The van der Waals surface area contributed by atoms with E-state index in [2.05, 4.69) is 4.98 Å². The molecule has 0 saturated carbocycles. The van der Waals surface area contributed by atoms with Gasteiger partial charge in [-0.05, 0) is 38.0 Å². The summed E-state index contributed by atoms with van der Waals surface area (Å²) in [5, 5.41) is 0.384. The molecule has 7 heteroatoms. The van der Waals surface area contributed by atoms with E-state index in [-0.39, 0.29) is 4.90 Å². The van der Waals surface area contributed by atoms with Crippen molar-refractivity contribution < 1.29 is 13.2 Å². The third-order valence-corrected chi connectivity index (χ3v) is 4.97. The molecular formula is C14H17ClN2O3S. The van der Waals surface area contributed by atoms with Gasteiger partial charge in [0.2, 0.25) is 0 Å². The average Bonchev–Trinajstić information content (AvgIpc) is 2.87. The summed E-state index contributed by atoms with van der Waals surface area (Å²) in [7, 11) is -3.77. The molecule has 1 aromatic heterocycles. The zero-order valence-corrected chi connectivity index (χ0v) is 13.7. The Bertz CT molecular complexity index is 754. The lowest BCUT2D eigenvalue weighted by molar-refractivity contribution is 0.309. The summed E-state index contributed by atoms with van der Waals surface area (Å²) in [6, 6.07) is 3.07. The number of imidazole rings is 1. The van der Waals surface area contributed by atoms with E-state index in [1.807, 2.05) is 6.92 Å². The molecule has 0 bridgehead atoms. The van der Waals surface area contributed by atoms with Gasteiger partial charge in [0.25, 0.3) is 10.0 Å². The normalized spacial score (nSPS) is 11.6. The highest BCUT2D eigenvalue weighted by Crippen LogP contribution is 2.31. The Hall–Kier alpha value is -1.53. The molecule has 0 unspecified atom stereocenters. The van der Waals surface area contributed by atoms with Crippen LogP contribution in [0.25, 0.3) is 0 Å². The summed E-state index contributed by atoms with van der Waals surface area (Å²) in [6.07, 6.45) is 3.50. The van der Waals surface area contributed by atoms with Gasteiger partial charge in [0, 0.05) is 11.2 Å². The number of hydrogen-bond donors (Lipinski definition) is 0. The number of benzene rings is 1. The van der Waals surface area contributed by atoms with Crippen molar-refractivity contribution in [3.05, 3.63) is 40.9 Å². The highest BCUT2D eigenvalue weighted by Gasteiger charge is 2.23. The van der Waals surface area contributed by atoms with E-state index < -0.39 is 10.0 Å². The lowest BCUT2D eigenvalue weighted by atomic mass is 10.2. The van der Waals surface area contributed by atoms with Crippen LogP contribution in [-0.2, 0) is 10.0 Å². The second-order valence-electron chi connectivity index (χ2n) is 4.75. The molecule has 21 heavy (non-hydrogen) atoms. The molecule has 0 aliphatic heterocycles. The Kier molecular flexibility index (Phi) is 4.58. The molecule has 1 heterocycles. The van der Waals surface area contributed by atoms with Gasteiger partial charge in [0.05, 0.1) is 12.3 Å². The molecule has 0 aliphatic carbocycles. The Morgan fingerprint density at radius 1 is 1.33 bits per heavy atom. The van der Waals surface area contributed by atoms with E-state index in [9.17, 15) is 8.42 Å². The molecule has 2 rings (SSSR count). The maximum absolute atomic E-state index is 12.7. The topological polar surface area (TPSA) is 61.2 Å². The second kappa shape index (κ2) is 6.07. The molecule has 0 fully saturated rings. The van der Waals surface area contributed by atoms with Crippen LogP contribution < -0.4 is 4.74 Å². The van der Waals surface area contributed by atoms with Crippen LogP contribution >= 0.6 is 11.6 Å². The number of rotatable bonds is 5. The third-order valence-electron chi connectivity index (χ3n) is 2.93. The highest BCUT2D eigenvalue weighted by atomic mass is 35.5. The minimum Gasteiger partial charge on any atom is -0.492 e. The molecule has 0 atom stereocenters. The molecule has 114 valence electrons. The maximum Gasteiger partial charge on any atom is 0.272 e. The van der Waals surface area contributed by atoms with Crippen molar-refractivity contribution >= 4 is 21.6 Å². The second-order valence-corrected chi connectivity index (χ2v) is 6.97. The van der Waals surface area contributed by atoms with E-state index in [1.54, 1.807) is 19.9 Å². The standard InChI is InChI=1S/C14H17ClN2O3S/c1-4-5-20-13-6-10(2)12(15)7-14(13)21(18,19)17-8-11(3)16-9-17/h6-9H,4-5H2,1-3H3. The van der Waals surface area contributed by atoms with Crippen LogP contribution in [0.1, 0.15) is 24.6 Å². The molecule has 0 saturated heterocycles. The molecule has 0 aliphatic rings. The van der Waals surface area contributed by atoms with Gasteiger partial charge in [-0.3, -0.25) is 0 Å². The zero-order chi connectivity index (χ0) is 15.6. The van der Waals surface area contributed by atoms with Crippen molar-refractivity contribution in [3.8, 4) is 5.75 Å². The van der Waals surface area contributed by atoms with Crippen LogP contribution in [0.4, 0.5) is 0 Å². The minimum absolute atomic E-state index is 0.0453. The fraction of sp³-hybridized carbons (Fsp3) is 0.357. The van der Waals surface area contributed by atoms with E-state index in [0.29, 0.717) is 23.1 Å². The van der Waals surface area contributed by atoms with Crippen molar-refractivity contribution in [1.82, 2.24) is 8.96 Å². The maximum atomic E-state index is 12.7. The molecule has 1 aromatic carbocycles. The Morgan fingerprint density at radius 3 is 2.62 bits per heavy atom. The number of halogens is 1. The third kappa shape index (κ3) is 3.22. The van der Waals surface area contributed by atoms with Gasteiger partial charge in [-0.1, -0.05) is 18.5 Å². The molecule has 5 nitrogen and oxygen atoms in total. The van der Waals surface area contributed by atoms with Crippen LogP contribution in [0.5, 0.6) is 5.75 Å². The largest absolute Gasteiger partial charge is 0.492 e. The minimum atomic E-state index is -3.77. The first-order chi connectivity index (χ1) is 9.86. The van der Waals surface area contributed by atoms with Crippen molar-refractivity contribution in [2.24, 2.45) is 0 Å². The van der Waals surface area contributed by atoms with Crippen molar-refractivity contribution in [2.75, 3.05) is 6.61 Å². The Balaban J connectivity index is 2.58. The van der Waals surface area contributed by atoms with Crippen LogP contribution in [0, 0.1) is 13.8 Å². The summed E-state index contributed by atoms with van der Waals surface area (Å²) < 4.78 is 32.0. The summed E-state index contributed by atoms with van der Waals surface area (Å²) in [4.78, 5) is 4.00.